The molecular weight excluding hydrogens is 468 g/mol. The lowest BCUT2D eigenvalue weighted by atomic mass is 10.1. The highest BCUT2D eigenvalue weighted by Crippen LogP contribution is 2.22. The Balaban J connectivity index is 1.43. The Labute approximate surface area is 194 Å². The average Bonchev–Trinajstić information content (AvgIpc) is 3.31. The number of ether oxygens (including phenoxy) is 1. The molecule has 0 atom stereocenters. The number of nitrogens with one attached hydrogen (secondary N) is 3. The van der Waals surface area contributed by atoms with E-state index in [2.05, 4.69) is 30.4 Å². The Hall–Kier alpha value is -3.96. The molecule has 33 heavy (non-hydrogen) atoms. The van der Waals surface area contributed by atoms with Crippen LogP contribution >= 0.6 is 11.6 Å². The van der Waals surface area contributed by atoms with Gasteiger partial charge in [-0.15, -0.1) is 10.2 Å². The molecule has 0 saturated carbocycles. The maximum atomic E-state index is 12.6. The molecule has 0 saturated heterocycles. The Bertz CT molecular complexity index is 1370. The summed E-state index contributed by atoms with van der Waals surface area (Å²) in [6.07, 6.45) is 0. The predicted octanol–water partition coefficient (Wildman–Crippen LogP) is 3.58. The summed E-state index contributed by atoms with van der Waals surface area (Å²) in [5.41, 5.74) is 2.07. The number of nitrogens with zero attached hydrogens (tertiary/aromatic N) is 3. The summed E-state index contributed by atoms with van der Waals surface area (Å²) in [4.78, 5) is 12.5. The third-order valence-corrected chi connectivity index (χ3v) is 6.07. The third kappa shape index (κ3) is 5.27. The fourth-order valence-corrected chi connectivity index (χ4v) is 3.93. The molecule has 0 fully saturated rings. The molecule has 0 aliphatic heterocycles. The van der Waals surface area contributed by atoms with E-state index in [4.69, 9.17) is 16.3 Å². The second-order valence-corrected chi connectivity index (χ2v) is 8.79. The van der Waals surface area contributed by atoms with E-state index in [0.717, 1.165) is 5.56 Å². The van der Waals surface area contributed by atoms with Crippen molar-refractivity contribution in [2.75, 3.05) is 17.1 Å². The van der Waals surface area contributed by atoms with Crippen LogP contribution in [-0.2, 0) is 10.0 Å². The lowest BCUT2D eigenvalue weighted by Crippen LogP contribution is -2.15. The summed E-state index contributed by atoms with van der Waals surface area (Å²) < 4.78 is 32.4. The molecule has 3 N–H and O–H groups in total. The molecule has 2 heterocycles. The number of carbonyl (C=O) groups excluding carboxylic acids is 1. The van der Waals surface area contributed by atoms with Gasteiger partial charge in [0.25, 0.3) is 15.9 Å². The smallest absolute Gasteiger partial charge is 0.273 e. The van der Waals surface area contributed by atoms with E-state index in [9.17, 15) is 13.2 Å². The predicted molar refractivity (Wildman–Crippen MR) is 123 cm³/mol. The maximum Gasteiger partial charge on any atom is 0.273 e. The van der Waals surface area contributed by atoms with Crippen LogP contribution in [0.25, 0.3) is 11.3 Å². The first kappa shape index (κ1) is 22.2. The second kappa shape index (κ2) is 9.27. The number of H-pyrrole nitrogens is 1. The van der Waals surface area contributed by atoms with Crippen molar-refractivity contribution in [1.29, 1.82) is 0 Å². The van der Waals surface area contributed by atoms with Crippen molar-refractivity contribution in [3.63, 3.8) is 0 Å². The van der Waals surface area contributed by atoms with Crippen LogP contribution in [0.5, 0.6) is 5.75 Å². The standard InChI is InChI=1S/C21H17ClN6O4S/c1-32-15-6-2-13(3-7-15)17-12-18(25-24-17)21(29)23-14-4-8-16(9-5-14)33(30,31)28-20-11-10-19(22)26-27-20/h2-12H,1H3,(H,23,29)(H,24,25)(H,27,28). The van der Waals surface area contributed by atoms with Gasteiger partial charge in [0.05, 0.1) is 17.7 Å². The molecule has 0 aliphatic carbocycles. The Morgan fingerprint density at radius 1 is 1.00 bits per heavy atom. The van der Waals surface area contributed by atoms with Crippen LogP contribution in [0.2, 0.25) is 5.15 Å². The van der Waals surface area contributed by atoms with E-state index in [1.165, 1.54) is 36.4 Å². The van der Waals surface area contributed by atoms with Crippen LogP contribution < -0.4 is 14.8 Å². The number of amides is 1. The molecule has 2 aromatic heterocycles. The van der Waals surface area contributed by atoms with Crippen molar-refractivity contribution >= 4 is 39.0 Å². The molecule has 1 amide bonds. The number of aromatic nitrogens is 4. The van der Waals surface area contributed by atoms with Crippen LogP contribution in [0.1, 0.15) is 10.5 Å². The number of hydrogen-bond donors (Lipinski definition) is 3. The average molecular weight is 485 g/mol. The highest BCUT2D eigenvalue weighted by atomic mass is 35.5. The SMILES string of the molecule is COc1ccc(-c2cc(C(=O)Nc3ccc(S(=O)(=O)Nc4ccc(Cl)nn4)cc3)[nH]n2)cc1. The summed E-state index contributed by atoms with van der Waals surface area (Å²) in [6, 6.07) is 17.4. The van der Waals surface area contributed by atoms with Gasteiger partial charge in [0.2, 0.25) is 0 Å². The first-order valence-electron chi connectivity index (χ1n) is 9.47. The van der Waals surface area contributed by atoms with E-state index in [0.29, 0.717) is 17.1 Å². The van der Waals surface area contributed by atoms with Crippen LogP contribution in [0.3, 0.4) is 0 Å². The molecule has 0 aliphatic rings. The minimum atomic E-state index is -3.89. The molecular formula is C21H17ClN6O4S. The van der Waals surface area contributed by atoms with E-state index in [1.54, 1.807) is 25.3 Å². The quantitative estimate of drug-likeness (QED) is 0.364. The van der Waals surface area contributed by atoms with Gasteiger partial charge in [-0.05, 0) is 66.7 Å². The van der Waals surface area contributed by atoms with E-state index in [-0.39, 0.29) is 21.6 Å². The summed E-state index contributed by atoms with van der Waals surface area (Å²) in [7, 11) is -2.31. The van der Waals surface area contributed by atoms with Crippen molar-refractivity contribution in [2.24, 2.45) is 0 Å². The highest BCUT2D eigenvalue weighted by Gasteiger charge is 2.16. The number of sulfonamides is 1. The summed E-state index contributed by atoms with van der Waals surface area (Å²) in [5, 5.41) is 17.0. The van der Waals surface area contributed by atoms with Crippen molar-refractivity contribution in [1.82, 2.24) is 20.4 Å². The summed E-state index contributed by atoms with van der Waals surface area (Å²) >= 11 is 5.65. The molecule has 4 rings (SSSR count). The van der Waals surface area contributed by atoms with Crippen LogP contribution in [0, 0.1) is 0 Å². The van der Waals surface area contributed by atoms with Gasteiger partial charge >= 0.3 is 0 Å². The molecule has 10 nitrogen and oxygen atoms in total. The zero-order valence-electron chi connectivity index (χ0n) is 17.1. The number of anilines is 2. The van der Waals surface area contributed by atoms with Crippen molar-refractivity contribution in [3.05, 3.63) is 77.6 Å². The molecule has 12 heteroatoms. The van der Waals surface area contributed by atoms with Gasteiger partial charge < -0.3 is 10.1 Å². The van der Waals surface area contributed by atoms with Gasteiger partial charge in [-0.25, -0.2) is 8.42 Å². The molecule has 0 spiro atoms. The number of methoxy groups -OCH3 is 1. The van der Waals surface area contributed by atoms with Gasteiger partial charge in [-0.2, -0.15) is 5.10 Å². The van der Waals surface area contributed by atoms with Crippen molar-refractivity contribution in [3.8, 4) is 17.0 Å². The number of rotatable bonds is 7. The maximum absolute atomic E-state index is 12.6. The Morgan fingerprint density at radius 2 is 1.73 bits per heavy atom. The zero-order valence-corrected chi connectivity index (χ0v) is 18.7. The fourth-order valence-electron chi connectivity index (χ4n) is 2.83. The topological polar surface area (TPSA) is 139 Å². The lowest BCUT2D eigenvalue weighted by molar-refractivity contribution is 0.102. The van der Waals surface area contributed by atoms with Crippen LogP contribution in [0.15, 0.2) is 71.6 Å². The number of aromatic amines is 1. The molecule has 0 radical (unpaired) electrons. The highest BCUT2D eigenvalue weighted by molar-refractivity contribution is 7.92. The number of hydrogen-bond acceptors (Lipinski definition) is 7. The second-order valence-electron chi connectivity index (χ2n) is 6.72. The number of halogens is 1. The molecule has 0 bridgehead atoms. The van der Waals surface area contributed by atoms with Gasteiger partial charge in [-0.1, -0.05) is 11.6 Å². The first-order valence-corrected chi connectivity index (χ1v) is 11.3. The largest absolute Gasteiger partial charge is 0.497 e. The zero-order chi connectivity index (χ0) is 23.4. The van der Waals surface area contributed by atoms with Crippen LogP contribution in [0.4, 0.5) is 11.5 Å². The Morgan fingerprint density at radius 3 is 2.36 bits per heavy atom. The molecule has 0 unspecified atom stereocenters. The van der Waals surface area contributed by atoms with Crippen LogP contribution in [-0.4, -0.2) is 41.8 Å². The first-order chi connectivity index (χ1) is 15.8. The van der Waals surface area contributed by atoms with E-state index < -0.39 is 15.9 Å². The molecule has 2 aromatic carbocycles. The third-order valence-electron chi connectivity index (χ3n) is 4.50. The number of benzene rings is 2. The van der Waals surface area contributed by atoms with E-state index >= 15 is 0 Å². The summed E-state index contributed by atoms with van der Waals surface area (Å²) in [6.45, 7) is 0. The number of carbonyl (C=O) groups is 1. The van der Waals surface area contributed by atoms with Crippen molar-refractivity contribution in [2.45, 2.75) is 4.90 Å². The summed E-state index contributed by atoms with van der Waals surface area (Å²) in [5.74, 6) is 0.324. The lowest BCUT2D eigenvalue weighted by Gasteiger charge is -2.08. The Kier molecular flexibility index (Phi) is 6.24. The van der Waals surface area contributed by atoms with Crippen molar-refractivity contribution < 1.29 is 17.9 Å². The minimum absolute atomic E-state index is 0.0134. The molecule has 4 aromatic rings. The molecule has 168 valence electrons. The fraction of sp³-hybridized carbons (Fsp3) is 0.0476. The normalized spacial score (nSPS) is 11.1. The van der Waals surface area contributed by atoms with Gasteiger partial charge in [-0.3, -0.25) is 14.6 Å². The van der Waals surface area contributed by atoms with Gasteiger partial charge in [0.15, 0.2) is 11.0 Å². The monoisotopic (exact) mass is 484 g/mol. The van der Waals surface area contributed by atoms with Gasteiger partial charge in [0, 0.05) is 11.3 Å². The van der Waals surface area contributed by atoms with E-state index in [1.807, 2.05) is 12.1 Å². The van der Waals surface area contributed by atoms with Gasteiger partial charge in [0.1, 0.15) is 11.4 Å². The minimum Gasteiger partial charge on any atom is -0.497 e.